The van der Waals surface area contributed by atoms with Crippen LogP contribution in [0.15, 0.2) is 36.5 Å². The predicted octanol–water partition coefficient (Wildman–Crippen LogP) is 2.74. The second-order valence-corrected chi connectivity index (χ2v) is 6.64. The van der Waals surface area contributed by atoms with E-state index in [9.17, 15) is 9.59 Å². The highest BCUT2D eigenvalue weighted by Gasteiger charge is 2.18. The first-order valence-electron chi connectivity index (χ1n) is 9.48. The van der Waals surface area contributed by atoms with Gasteiger partial charge in [-0.05, 0) is 36.1 Å². The zero-order valence-corrected chi connectivity index (χ0v) is 15.9. The fourth-order valence-corrected chi connectivity index (χ4v) is 3.41. The van der Waals surface area contributed by atoms with Gasteiger partial charge in [0.15, 0.2) is 0 Å². The molecular formula is C21H26N4O2. The van der Waals surface area contributed by atoms with E-state index in [0.717, 1.165) is 54.8 Å². The number of amides is 2. The molecule has 1 aliphatic heterocycles. The summed E-state index contributed by atoms with van der Waals surface area (Å²) in [7, 11) is 0. The average molecular weight is 366 g/mol. The fourth-order valence-electron chi connectivity index (χ4n) is 3.41. The van der Waals surface area contributed by atoms with Crippen LogP contribution >= 0.6 is 0 Å². The van der Waals surface area contributed by atoms with E-state index in [1.54, 1.807) is 11.1 Å². The number of piperazine rings is 1. The maximum absolute atomic E-state index is 12.8. The number of anilines is 2. The van der Waals surface area contributed by atoms with Crippen molar-refractivity contribution in [1.82, 2.24) is 9.88 Å². The third-order valence-corrected chi connectivity index (χ3v) is 5.04. The predicted molar refractivity (Wildman–Crippen MR) is 107 cm³/mol. The van der Waals surface area contributed by atoms with Gasteiger partial charge in [0.25, 0.3) is 5.91 Å². The molecule has 0 unspecified atom stereocenters. The Bertz CT molecular complexity index is 791. The molecule has 0 atom stereocenters. The summed E-state index contributed by atoms with van der Waals surface area (Å²) in [5, 5.41) is 3.07. The molecule has 27 heavy (non-hydrogen) atoms. The topological polar surface area (TPSA) is 65.5 Å². The van der Waals surface area contributed by atoms with Crippen molar-refractivity contribution in [3.05, 3.63) is 53.3 Å². The van der Waals surface area contributed by atoms with Gasteiger partial charge in [-0.25, -0.2) is 0 Å². The van der Waals surface area contributed by atoms with Gasteiger partial charge < -0.3 is 15.1 Å². The van der Waals surface area contributed by atoms with Crippen LogP contribution in [-0.2, 0) is 17.6 Å². The van der Waals surface area contributed by atoms with E-state index in [1.807, 2.05) is 30.3 Å². The van der Waals surface area contributed by atoms with Gasteiger partial charge in [-0.15, -0.1) is 0 Å². The van der Waals surface area contributed by atoms with Crippen LogP contribution in [0.1, 0.15) is 35.5 Å². The molecule has 0 aliphatic carbocycles. The number of aryl methyl sites for hydroxylation is 2. The van der Waals surface area contributed by atoms with Gasteiger partial charge in [-0.1, -0.05) is 32.0 Å². The molecule has 1 fully saturated rings. The first-order chi connectivity index (χ1) is 13.2. The molecule has 0 spiro atoms. The Balaban J connectivity index is 1.78. The first kappa shape index (κ1) is 18.9. The van der Waals surface area contributed by atoms with E-state index >= 15 is 0 Å². The Morgan fingerprint density at radius 2 is 1.78 bits per heavy atom. The SMILES string of the molecule is CCc1cccc(CC)c1NC(=O)c1cc(N2CCN(C=O)CC2)ccn1. The highest BCUT2D eigenvalue weighted by Crippen LogP contribution is 2.24. The van der Waals surface area contributed by atoms with Crippen LogP contribution in [0.5, 0.6) is 0 Å². The minimum absolute atomic E-state index is 0.195. The molecule has 2 amide bonds. The number of nitrogens with zero attached hydrogens (tertiary/aromatic N) is 3. The number of carbonyl (C=O) groups is 2. The van der Waals surface area contributed by atoms with Gasteiger partial charge in [0.1, 0.15) is 5.69 Å². The molecule has 2 aromatic rings. The zero-order chi connectivity index (χ0) is 19.2. The van der Waals surface area contributed by atoms with Gasteiger partial charge in [-0.2, -0.15) is 0 Å². The van der Waals surface area contributed by atoms with Gasteiger partial charge in [-0.3, -0.25) is 14.6 Å². The molecule has 3 rings (SSSR count). The normalized spacial score (nSPS) is 14.1. The van der Waals surface area contributed by atoms with Crippen LogP contribution in [-0.4, -0.2) is 48.4 Å². The molecule has 0 bridgehead atoms. The minimum atomic E-state index is -0.195. The van der Waals surface area contributed by atoms with Gasteiger partial charge >= 0.3 is 0 Å². The maximum Gasteiger partial charge on any atom is 0.274 e. The summed E-state index contributed by atoms with van der Waals surface area (Å²) in [6.07, 6.45) is 4.28. The Morgan fingerprint density at radius 3 is 2.37 bits per heavy atom. The zero-order valence-electron chi connectivity index (χ0n) is 15.9. The van der Waals surface area contributed by atoms with Gasteiger partial charge in [0.05, 0.1) is 0 Å². The summed E-state index contributed by atoms with van der Waals surface area (Å²) in [5.74, 6) is -0.195. The average Bonchev–Trinajstić information content (AvgIpc) is 2.74. The van der Waals surface area contributed by atoms with Crippen LogP contribution in [0.25, 0.3) is 0 Å². The Morgan fingerprint density at radius 1 is 1.11 bits per heavy atom. The van der Waals surface area contributed by atoms with Crippen molar-refractivity contribution < 1.29 is 9.59 Å². The third-order valence-electron chi connectivity index (χ3n) is 5.04. The number of hydrogen-bond donors (Lipinski definition) is 1. The molecule has 1 saturated heterocycles. The summed E-state index contributed by atoms with van der Waals surface area (Å²) in [4.78, 5) is 31.9. The van der Waals surface area contributed by atoms with Crippen LogP contribution in [0.3, 0.4) is 0 Å². The van der Waals surface area contributed by atoms with Gasteiger partial charge in [0, 0.05) is 43.8 Å². The number of nitrogens with one attached hydrogen (secondary N) is 1. The van der Waals surface area contributed by atoms with E-state index in [4.69, 9.17) is 0 Å². The van der Waals surface area contributed by atoms with Crippen molar-refractivity contribution in [1.29, 1.82) is 0 Å². The summed E-state index contributed by atoms with van der Waals surface area (Å²) in [6, 6.07) is 9.86. The number of hydrogen-bond acceptors (Lipinski definition) is 4. The molecule has 6 heteroatoms. The number of rotatable bonds is 6. The molecular weight excluding hydrogens is 340 g/mol. The molecule has 6 nitrogen and oxygen atoms in total. The maximum atomic E-state index is 12.8. The summed E-state index contributed by atoms with van der Waals surface area (Å²) in [5.41, 5.74) is 4.52. The summed E-state index contributed by atoms with van der Waals surface area (Å²) >= 11 is 0. The Labute approximate surface area is 160 Å². The van der Waals surface area contributed by atoms with Crippen LogP contribution in [0.2, 0.25) is 0 Å². The third kappa shape index (κ3) is 4.27. The minimum Gasteiger partial charge on any atom is -0.368 e. The Hall–Kier alpha value is -2.89. The number of aromatic nitrogens is 1. The van der Waals surface area contributed by atoms with Crippen LogP contribution in [0.4, 0.5) is 11.4 Å². The summed E-state index contributed by atoms with van der Waals surface area (Å²) in [6.45, 7) is 7.06. The summed E-state index contributed by atoms with van der Waals surface area (Å²) < 4.78 is 0. The van der Waals surface area contributed by atoms with Crippen molar-refractivity contribution >= 4 is 23.7 Å². The lowest BCUT2D eigenvalue weighted by atomic mass is 10.0. The first-order valence-corrected chi connectivity index (χ1v) is 9.48. The smallest absolute Gasteiger partial charge is 0.274 e. The fraction of sp³-hybridized carbons (Fsp3) is 0.381. The van der Waals surface area contributed by atoms with Gasteiger partial charge in [0.2, 0.25) is 6.41 Å². The molecule has 1 aromatic carbocycles. The molecule has 0 radical (unpaired) electrons. The molecule has 1 N–H and O–H groups in total. The number of carbonyl (C=O) groups excluding carboxylic acids is 2. The lowest BCUT2D eigenvalue weighted by Crippen LogP contribution is -2.45. The van der Waals surface area contributed by atoms with Crippen molar-refractivity contribution in [2.45, 2.75) is 26.7 Å². The Kier molecular flexibility index (Phi) is 6.06. The van der Waals surface area contributed by atoms with Crippen LogP contribution < -0.4 is 10.2 Å². The van der Waals surface area contributed by atoms with Crippen LogP contribution in [0, 0.1) is 0 Å². The highest BCUT2D eigenvalue weighted by atomic mass is 16.2. The second-order valence-electron chi connectivity index (χ2n) is 6.64. The second kappa shape index (κ2) is 8.66. The van der Waals surface area contributed by atoms with Crippen molar-refractivity contribution in [2.75, 3.05) is 36.4 Å². The quantitative estimate of drug-likeness (QED) is 0.799. The van der Waals surface area contributed by atoms with Crippen molar-refractivity contribution in [3.63, 3.8) is 0 Å². The van der Waals surface area contributed by atoms with E-state index < -0.39 is 0 Å². The number of pyridine rings is 1. The molecule has 0 saturated carbocycles. The van der Waals surface area contributed by atoms with E-state index in [0.29, 0.717) is 18.8 Å². The van der Waals surface area contributed by atoms with E-state index in [1.165, 1.54) is 0 Å². The van der Waals surface area contributed by atoms with E-state index in [-0.39, 0.29) is 5.91 Å². The molecule has 1 aromatic heterocycles. The monoisotopic (exact) mass is 366 g/mol. The van der Waals surface area contributed by atoms with E-state index in [2.05, 4.69) is 29.0 Å². The lowest BCUT2D eigenvalue weighted by Gasteiger charge is -2.34. The van der Waals surface area contributed by atoms with Crippen molar-refractivity contribution in [2.24, 2.45) is 0 Å². The largest absolute Gasteiger partial charge is 0.368 e. The highest BCUT2D eigenvalue weighted by molar-refractivity contribution is 6.04. The lowest BCUT2D eigenvalue weighted by molar-refractivity contribution is -0.118. The molecule has 2 heterocycles. The number of para-hydroxylation sites is 1. The van der Waals surface area contributed by atoms with Crippen molar-refractivity contribution in [3.8, 4) is 0 Å². The molecule has 1 aliphatic rings. The molecule has 142 valence electrons. The number of benzene rings is 1. The standard InChI is InChI=1S/C21H26N4O2/c1-3-16-6-5-7-17(4-2)20(16)23-21(27)19-14-18(8-9-22-19)25-12-10-24(15-26)11-13-25/h5-9,14-15H,3-4,10-13H2,1-2H3,(H,23,27).